The summed E-state index contributed by atoms with van der Waals surface area (Å²) in [5.41, 5.74) is 2.54. The van der Waals surface area contributed by atoms with Crippen LogP contribution in [0.1, 0.15) is 40.1 Å². The summed E-state index contributed by atoms with van der Waals surface area (Å²) in [6.07, 6.45) is 0. The maximum Gasteiger partial charge on any atom is 0.257 e. The Balaban J connectivity index is 1.55. The Morgan fingerprint density at radius 3 is 2.30 bits per heavy atom. The average Bonchev–Trinajstić information content (AvgIpc) is 2.82. The van der Waals surface area contributed by atoms with Gasteiger partial charge in [0.15, 0.2) is 5.11 Å². The van der Waals surface area contributed by atoms with Gasteiger partial charge >= 0.3 is 0 Å². The van der Waals surface area contributed by atoms with Crippen molar-refractivity contribution in [3.8, 4) is 5.75 Å². The number of thiocarbonyl (C=S) groups is 1. The van der Waals surface area contributed by atoms with Crippen LogP contribution in [-0.4, -0.2) is 23.5 Å². The van der Waals surface area contributed by atoms with E-state index in [1.165, 1.54) is 0 Å². The molecule has 0 bridgehead atoms. The highest BCUT2D eigenvalue weighted by Gasteiger charge is 2.11. The zero-order valence-corrected chi connectivity index (χ0v) is 19.4. The molecular weight excluding hydrogens is 434 g/mol. The minimum atomic E-state index is -0.348. The minimum absolute atomic E-state index is 0.135. The molecule has 170 valence electrons. The number of rotatable bonds is 8. The number of ether oxygens (including phenoxy) is 1. The molecule has 0 saturated heterocycles. The fourth-order valence-electron chi connectivity index (χ4n) is 2.95. The molecule has 0 heterocycles. The second kappa shape index (κ2) is 11.8. The van der Waals surface area contributed by atoms with Crippen molar-refractivity contribution in [1.82, 2.24) is 10.6 Å². The van der Waals surface area contributed by atoms with Gasteiger partial charge < -0.3 is 15.4 Å². The zero-order valence-electron chi connectivity index (χ0n) is 18.6. The molecule has 0 aliphatic carbocycles. The van der Waals surface area contributed by atoms with Gasteiger partial charge in [0.1, 0.15) is 5.75 Å². The first-order valence-corrected chi connectivity index (χ1v) is 11.1. The summed E-state index contributed by atoms with van der Waals surface area (Å²) in [5.74, 6) is 0.467. The second-order valence-electron chi connectivity index (χ2n) is 7.89. The van der Waals surface area contributed by atoms with Crippen LogP contribution >= 0.6 is 12.2 Å². The van der Waals surface area contributed by atoms with Crippen LogP contribution in [0.2, 0.25) is 0 Å². The number of benzene rings is 3. The van der Waals surface area contributed by atoms with E-state index in [0.717, 1.165) is 5.56 Å². The van der Waals surface area contributed by atoms with Crippen molar-refractivity contribution in [3.63, 3.8) is 0 Å². The monoisotopic (exact) mass is 461 g/mol. The van der Waals surface area contributed by atoms with Crippen molar-refractivity contribution in [2.24, 2.45) is 5.92 Å². The van der Waals surface area contributed by atoms with E-state index in [2.05, 4.69) is 29.8 Å². The number of amides is 2. The lowest BCUT2D eigenvalue weighted by Crippen LogP contribution is -2.34. The topological polar surface area (TPSA) is 79.5 Å². The molecule has 3 rings (SSSR count). The van der Waals surface area contributed by atoms with Crippen molar-refractivity contribution in [3.05, 3.63) is 95.6 Å². The van der Waals surface area contributed by atoms with Crippen molar-refractivity contribution in [2.75, 3.05) is 11.9 Å². The van der Waals surface area contributed by atoms with E-state index in [4.69, 9.17) is 17.0 Å². The number of anilines is 1. The number of carbonyl (C=O) groups excluding carboxylic acids is 2. The lowest BCUT2D eigenvalue weighted by atomic mass is 10.1. The van der Waals surface area contributed by atoms with Gasteiger partial charge in [-0.15, -0.1) is 0 Å². The van der Waals surface area contributed by atoms with Crippen LogP contribution in [0.4, 0.5) is 5.69 Å². The Kier molecular flexibility index (Phi) is 8.55. The number of nitrogens with one attached hydrogen (secondary N) is 3. The molecule has 0 aliphatic heterocycles. The van der Waals surface area contributed by atoms with Crippen LogP contribution < -0.4 is 20.7 Å². The third-order valence-electron chi connectivity index (χ3n) is 4.59. The molecule has 0 aromatic heterocycles. The molecule has 0 radical (unpaired) electrons. The fraction of sp³-hybridized carbons (Fsp3) is 0.192. The summed E-state index contributed by atoms with van der Waals surface area (Å²) in [4.78, 5) is 25.1. The molecule has 0 atom stereocenters. The predicted molar refractivity (Wildman–Crippen MR) is 135 cm³/mol. The van der Waals surface area contributed by atoms with Crippen LogP contribution in [0.25, 0.3) is 0 Å². The summed E-state index contributed by atoms with van der Waals surface area (Å²) in [7, 11) is 0. The number of hydrogen-bond donors (Lipinski definition) is 3. The fourth-order valence-corrected chi connectivity index (χ4v) is 3.16. The summed E-state index contributed by atoms with van der Waals surface area (Å²) in [6.45, 7) is 5.12. The standard InChI is InChI=1S/C26H27N3O3S/c1-18(2)17-32-23-13-7-11-21(15-23)25(31)29-26(33)28-22-12-6-10-20(14-22)24(30)27-16-19-8-4-3-5-9-19/h3-15,18H,16-17H2,1-2H3,(H,27,30)(H2,28,29,31,33). The third kappa shape index (κ3) is 7.73. The molecule has 0 fully saturated rings. The Morgan fingerprint density at radius 1 is 0.879 bits per heavy atom. The van der Waals surface area contributed by atoms with E-state index in [-0.39, 0.29) is 16.9 Å². The highest BCUT2D eigenvalue weighted by molar-refractivity contribution is 7.80. The van der Waals surface area contributed by atoms with Crippen LogP contribution in [0.5, 0.6) is 5.75 Å². The first kappa shape index (κ1) is 23.9. The lowest BCUT2D eigenvalue weighted by molar-refractivity contribution is 0.0948. The van der Waals surface area contributed by atoms with Crippen molar-refractivity contribution < 1.29 is 14.3 Å². The maximum atomic E-state index is 12.6. The van der Waals surface area contributed by atoms with Crippen LogP contribution in [0.15, 0.2) is 78.9 Å². The van der Waals surface area contributed by atoms with E-state index in [9.17, 15) is 9.59 Å². The molecule has 33 heavy (non-hydrogen) atoms. The number of carbonyl (C=O) groups is 2. The molecule has 2 amide bonds. The molecule has 0 unspecified atom stereocenters. The van der Waals surface area contributed by atoms with E-state index >= 15 is 0 Å². The van der Waals surface area contributed by atoms with Gasteiger partial charge in [0.05, 0.1) is 6.61 Å². The largest absolute Gasteiger partial charge is 0.493 e. The molecule has 0 aliphatic rings. The van der Waals surface area contributed by atoms with Gasteiger partial charge in [0.25, 0.3) is 11.8 Å². The summed E-state index contributed by atoms with van der Waals surface area (Å²) >= 11 is 5.28. The van der Waals surface area contributed by atoms with E-state index < -0.39 is 0 Å². The molecule has 0 spiro atoms. The Morgan fingerprint density at radius 2 is 1.58 bits per heavy atom. The maximum absolute atomic E-state index is 12.6. The minimum Gasteiger partial charge on any atom is -0.493 e. The Labute approximate surface area is 199 Å². The molecule has 0 saturated carbocycles. The SMILES string of the molecule is CC(C)COc1cccc(C(=O)NC(=S)Nc2cccc(C(=O)NCc3ccccc3)c2)c1. The Hall–Kier alpha value is -3.71. The highest BCUT2D eigenvalue weighted by atomic mass is 32.1. The smallest absolute Gasteiger partial charge is 0.257 e. The summed E-state index contributed by atoms with van der Waals surface area (Å²) < 4.78 is 5.68. The first-order valence-electron chi connectivity index (χ1n) is 10.7. The van der Waals surface area contributed by atoms with Crippen molar-refractivity contribution in [1.29, 1.82) is 0 Å². The lowest BCUT2D eigenvalue weighted by Gasteiger charge is -2.12. The highest BCUT2D eigenvalue weighted by Crippen LogP contribution is 2.15. The van der Waals surface area contributed by atoms with Gasteiger partial charge in [-0.2, -0.15) is 0 Å². The van der Waals surface area contributed by atoms with Gasteiger partial charge in [-0.1, -0.05) is 56.3 Å². The molecule has 6 nitrogen and oxygen atoms in total. The summed E-state index contributed by atoms with van der Waals surface area (Å²) in [5, 5.41) is 8.64. The first-order chi connectivity index (χ1) is 15.9. The van der Waals surface area contributed by atoms with Gasteiger partial charge in [-0.05, 0) is 60.1 Å². The van der Waals surface area contributed by atoms with Crippen molar-refractivity contribution >= 4 is 34.8 Å². The summed E-state index contributed by atoms with van der Waals surface area (Å²) in [6, 6.07) is 23.5. The van der Waals surface area contributed by atoms with Gasteiger partial charge in [-0.3, -0.25) is 14.9 Å². The average molecular weight is 462 g/mol. The van der Waals surface area contributed by atoms with Gasteiger partial charge in [0.2, 0.25) is 0 Å². The zero-order chi connectivity index (χ0) is 23.6. The van der Waals surface area contributed by atoms with Crippen LogP contribution in [0.3, 0.4) is 0 Å². The van der Waals surface area contributed by atoms with E-state index in [1.54, 1.807) is 42.5 Å². The normalized spacial score (nSPS) is 10.4. The number of hydrogen-bond acceptors (Lipinski definition) is 4. The quantitative estimate of drug-likeness (QED) is 0.421. The molecule has 3 aromatic rings. The molecular formula is C26H27N3O3S. The molecule has 3 aromatic carbocycles. The van der Waals surface area contributed by atoms with Crippen LogP contribution in [-0.2, 0) is 6.54 Å². The van der Waals surface area contributed by atoms with E-state index in [1.807, 2.05) is 36.4 Å². The molecule has 3 N–H and O–H groups in total. The third-order valence-corrected chi connectivity index (χ3v) is 4.79. The van der Waals surface area contributed by atoms with Crippen molar-refractivity contribution in [2.45, 2.75) is 20.4 Å². The predicted octanol–water partition coefficient (Wildman–Crippen LogP) is 4.78. The van der Waals surface area contributed by atoms with Crippen LogP contribution in [0, 0.1) is 5.92 Å². The van der Waals surface area contributed by atoms with Gasteiger partial charge in [-0.25, -0.2) is 0 Å². The molecule has 7 heteroatoms. The second-order valence-corrected chi connectivity index (χ2v) is 8.30. The Bertz CT molecular complexity index is 1120. The van der Waals surface area contributed by atoms with Gasteiger partial charge in [0, 0.05) is 23.4 Å². The van der Waals surface area contributed by atoms with E-state index in [0.29, 0.717) is 41.6 Å².